The molecule has 0 atom stereocenters. The number of carboxylic acid groups (broad SMARTS) is 1. The van der Waals surface area contributed by atoms with Crippen LogP contribution in [-0.2, 0) is 17.6 Å². The van der Waals surface area contributed by atoms with Gasteiger partial charge >= 0.3 is 5.97 Å². The maximum atomic E-state index is 10.8. The first-order chi connectivity index (χ1) is 10.5. The van der Waals surface area contributed by atoms with Crippen molar-refractivity contribution in [2.75, 3.05) is 0 Å². The molecule has 0 saturated carbocycles. The maximum Gasteiger partial charge on any atom is 0.303 e. The minimum Gasteiger partial charge on any atom is -0.481 e. The average molecular weight is 300 g/mol. The summed E-state index contributed by atoms with van der Waals surface area (Å²) >= 11 is 0. The molecule has 0 spiro atoms. The minimum absolute atomic E-state index is 0.142. The Kier molecular flexibility index (Phi) is 5.36. The number of aromatic nitrogens is 2. The number of unbranched alkanes of at least 4 members (excludes halogenated alkanes) is 1. The van der Waals surface area contributed by atoms with E-state index in [0.29, 0.717) is 6.42 Å². The molecule has 2 aromatic rings. The predicted octanol–water partition coefficient (Wildman–Crippen LogP) is 3.85. The first-order valence-electron chi connectivity index (χ1n) is 7.89. The number of aliphatic carboxylic acids is 1. The summed E-state index contributed by atoms with van der Waals surface area (Å²) in [4.78, 5) is 10.8. The van der Waals surface area contributed by atoms with E-state index in [4.69, 9.17) is 5.11 Å². The number of aryl methyl sites for hydroxylation is 2. The zero-order chi connectivity index (χ0) is 16.1. The lowest BCUT2D eigenvalue weighted by molar-refractivity contribution is -0.136. The molecule has 22 heavy (non-hydrogen) atoms. The van der Waals surface area contributed by atoms with Crippen LogP contribution in [0.4, 0.5) is 0 Å². The Hall–Kier alpha value is -2.10. The van der Waals surface area contributed by atoms with E-state index in [0.717, 1.165) is 29.1 Å². The van der Waals surface area contributed by atoms with Crippen LogP contribution in [0, 0.1) is 13.8 Å². The van der Waals surface area contributed by atoms with Crippen molar-refractivity contribution >= 4 is 5.97 Å². The summed E-state index contributed by atoms with van der Waals surface area (Å²) in [5.41, 5.74) is 5.35. The molecule has 0 aliphatic heterocycles. The standard InChI is InChI=1S/C18H24N2O2/c1-4-5-6-15-7-9-16(10-8-15)20-14(3)17(13(2)19-20)11-12-18(21)22/h7-10H,4-6,11-12H2,1-3H3,(H,21,22). The number of rotatable bonds is 7. The molecule has 1 aromatic carbocycles. The monoisotopic (exact) mass is 300 g/mol. The van der Waals surface area contributed by atoms with Crippen molar-refractivity contribution in [3.63, 3.8) is 0 Å². The molecule has 0 radical (unpaired) electrons. The molecule has 0 aliphatic rings. The molecule has 1 N–H and O–H groups in total. The van der Waals surface area contributed by atoms with Crippen LogP contribution in [0.15, 0.2) is 24.3 Å². The Morgan fingerprint density at radius 2 is 1.86 bits per heavy atom. The highest BCUT2D eigenvalue weighted by Crippen LogP contribution is 2.20. The molecular weight excluding hydrogens is 276 g/mol. The Balaban J connectivity index is 2.21. The SMILES string of the molecule is CCCCc1ccc(-n2nc(C)c(CCC(=O)O)c2C)cc1. The predicted molar refractivity (Wildman–Crippen MR) is 87.6 cm³/mol. The molecule has 0 aliphatic carbocycles. The average Bonchev–Trinajstić information content (AvgIpc) is 2.78. The highest BCUT2D eigenvalue weighted by Gasteiger charge is 2.13. The summed E-state index contributed by atoms with van der Waals surface area (Å²) in [5, 5.41) is 13.4. The number of benzene rings is 1. The van der Waals surface area contributed by atoms with Gasteiger partial charge in [-0.3, -0.25) is 4.79 Å². The summed E-state index contributed by atoms with van der Waals surface area (Å²) in [6.45, 7) is 6.14. The van der Waals surface area contributed by atoms with Gasteiger partial charge in [0, 0.05) is 12.1 Å². The number of carbonyl (C=O) groups is 1. The second kappa shape index (κ2) is 7.25. The molecule has 2 rings (SSSR count). The van der Waals surface area contributed by atoms with E-state index >= 15 is 0 Å². The molecular formula is C18H24N2O2. The van der Waals surface area contributed by atoms with Crippen molar-refractivity contribution in [3.8, 4) is 5.69 Å². The first kappa shape index (κ1) is 16.3. The van der Waals surface area contributed by atoms with E-state index in [2.05, 4.69) is 36.3 Å². The Morgan fingerprint density at radius 1 is 1.18 bits per heavy atom. The van der Waals surface area contributed by atoms with Crippen molar-refractivity contribution in [2.24, 2.45) is 0 Å². The third-order valence-electron chi connectivity index (χ3n) is 4.03. The van der Waals surface area contributed by atoms with Crippen LogP contribution < -0.4 is 0 Å². The van der Waals surface area contributed by atoms with Gasteiger partial charge in [-0.25, -0.2) is 4.68 Å². The molecule has 0 fully saturated rings. The number of carboxylic acids is 1. The van der Waals surface area contributed by atoms with Crippen molar-refractivity contribution in [1.29, 1.82) is 0 Å². The number of hydrogen-bond donors (Lipinski definition) is 1. The van der Waals surface area contributed by atoms with Crippen molar-refractivity contribution < 1.29 is 9.90 Å². The fourth-order valence-electron chi connectivity index (χ4n) is 2.70. The summed E-state index contributed by atoms with van der Waals surface area (Å²) in [6.07, 6.45) is 4.19. The van der Waals surface area contributed by atoms with Gasteiger partial charge in [-0.2, -0.15) is 5.10 Å². The molecule has 4 heteroatoms. The number of hydrogen-bond acceptors (Lipinski definition) is 2. The lowest BCUT2D eigenvalue weighted by Crippen LogP contribution is -2.01. The first-order valence-corrected chi connectivity index (χ1v) is 7.89. The van der Waals surface area contributed by atoms with Crippen LogP contribution in [-0.4, -0.2) is 20.9 Å². The minimum atomic E-state index is -0.771. The van der Waals surface area contributed by atoms with Gasteiger partial charge in [-0.05, 0) is 56.4 Å². The second-order valence-electron chi connectivity index (χ2n) is 5.72. The smallest absolute Gasteiger partial charge is 0.303 e. The van der Waals surface area contributed by atoms with Crippen LogP contribution in [0.2, 0.25) is 0 Å². The molecule has 1 aromatic heterocycles. The van der Waals surface area contributed by atoms with E-state index in [1.807, 2.05) is 18.5 Å². The summed E-state index contributed by atoms with van der Waals surface area (Å²) in [6, 6.07) is 8.48. The molecule has 4 nitrogen and oxygen atoms in total. The second-order valence-corrected chi connectivity index (χ2v) is 5.72. The van der Waals surface area contributed by atoms with Crippen LogP contribution in [0.3, 0.4) is 0 Å². The van der Waals surface area contributed by atoms with Gasteiger partial charge in [-0.1, -0.05) is 25.5 Å². The van der Waals surface area contributed by atoms with E-state index in [-0.39, 0.29) is 6.42 Å². The summed E-state index contributed by atoms with van der Waals surface area (Å²) in [5.74, 6) is -0.771. The van der Waals surface area contributed by atoms with E-state index in [9.17, 15) is 4.79 Å². The van der Waals surface area contributed by atoms with Crippen LogP contribution >= 0.6 is 0 Å². The zero-order valence-corrected chi connectivity index (χ0v) is 13.6. The normalized spacial score (nSPS) is 10.9. The fourth-order valence-corrected chi connectivity index (χ4v) is 2.70. The van der Waals surface area contributed by atoms with Gasteiger partial charge in [-0.15, -0.1) is 0 Å². The number of nitrogens with zero attached hydrogens (tertiary/aromatic N) is 2. The maximum absolute atomic E-state index is 10.8. The lowest BCUT2D eigenvalue weighted by atomic mass is 10.1. The molecule has 118 valence electrons. The van der Waals surface area contributed by atoms with E-state index in [1.54, 1.807) is 0 Å². The van der Waals surface area contributed by atoms with Crippen LogP contribution in [0.1, 0.15) is 48.7 Å². The third kappa shape index (κ3) is 3.75. The Bertz CT molecular complexity index is 642. The van der Waals surface area contributed by atoms with Crippen LogP contribution in [0.25, 0.3) is 5.69 Å². The Labute approximate surface area is 131 Å². The van der Waals surface area contributed by atoms with E-state index < -0.39 is 5.97 Å². The largest absolute Gasteiger partial charge is 0.481 e. The topological polar surface area (TPSA) is 55.1 Å². The summed E-state index contributed by atoms with van der Waals surface area (Å²) in [7, 11) is 0. The van der Waals surface area contributed by atoms with Crippen LogP contribution in [0.5, 0.6) is 0 Å². The van der Waals surface area contributed by atoms with E-state index in [1.165, 1.54) is 18.4 Å². The van der Waals surface area contributed by atoms with Crippen molar-refractivity contribution in [1.82, 2.24) is 9.78 Å². The Morgan fingerprint density at radius 3 is 2.45 bits per heavy atom. The molecule has 0 saturated heterocycles. The molecule has 0 bridgehead atoms. The van der Waals surface area contributed by atoms with Gasteiger partial charge in [0.15, 0.2) is 0 Å². The molecule has 1 heterocycles. The fraction of sp³-hybridized carbons (Fsp3) is 0.444. The molecule has 0 amide bonds. The zero-order valence-electron chi connectivity index (χ0n) is 13.6. The van der Waals surface area contributed by atoms with Gasteiger partial charge in [0.2, 0.25) is 0 Å². The van der Waals surface area contributed by atoms with Crippen molar-refractivity contribution in [3.05, 3.63) is 46.8 Å². The van der Waals surface area contributed by atoms with Crippen molar-refractivity contribution in [2.45, 2.75) is 52.9 Å². The van der Waals surface area contributed by atoms with Gasteiger partial charge in [0.05, 0.1) is 11.4 Å². The molecule has 0 unspecified atom stereocenters. The quantitative estimate of drug-likeness (QED) is 0.845. The highest BCUT2D eigenvalue weighted by atomic mass is 16.4. The summed E-state index contributed by atoms with van der Waals surface area (Å²) < 4.78 is 1.91. The van der Waals surface area contributed by atoms with Gasteiger partial charge < -0.3 is 5.11 Å². The lowest BCUT2D eigenvalue weighted by Gasteiger charge is -2.07. The highest BCUT2D eigenvalue weighted by molar-refractivity contribution is 5.67. The third-order valence-corrected chi connectivity index (χ3v) is 4.03. The van der Waals surface area contributed by atoms with Gasteiger partial charge in [0.1, 0.15) is 0 Å². The van der Waals surface area contributed by atoms with Gasteiger partial charge in [0.25, 0.3) is 0 Å².